The van der Waals surface area contributed by atoms with Crippen molar-refractivity contribution in [2.75, 3.05) is 12.3 Å². The molecule has 0 spiro atoms. The lowest BCUT2D eigenvalue weighted by Gasteiger charge is -2.15. The van der Waals surface area contributed by atoms with Gasteiger partial charge in [0.25, 0.3) is 5.91 Å². The quantitative estimate of drug-likeness (QED) is 0.616. The van der Waals surface area contributed by atoms with Gasteiger partial charge in [0.1, 0.15) is 5.69 Å². The third-order valence-corrected chi connectivity index (χ3v) is 5.40. The van der Waals surface area contributed by atoms with Crippen molar-refractivity contribution in [2.45, 2.75) is 18.9 Å². The van der Waals surface area contributed by atoms with Gasteiger partial charge in [-0.3, -0.25) is 24.3 Å². The first-order chi connectivity index (χ1) is 12.8. The minimum absolute atomic E-state index is 0.125. The molecular weight excluding hydrogens is 372 g/mol. The molecule has 1 saturated heterocycles. The van der Waals surface area contributed by atoms with Crippen molar-refractivity contribution < 1.29 is 22.8 Å². The molecule has 1 aliphatic heterocycles. The molecule has 1 aliphatic carbocycles. The number of imide groups is 1. The van der Waals surface area contributed by atoms with E-state index in [2.05, 4.69) is 15.0 Å². The lowest BCUT2D eigenvalue weighted by Crippen LogP contribution is -2.39. The van der Waals surface area contributed by atoms with E-state index < -0.39 is 22.0 Å². The molecule has 3 rings (SSSR count). The van der Waals surface area contributed by atoms with Crippen LogP contribution in [0.4, 0.5) is 0 Å². The number of nitrogens with zero attached hydrogens (tertiary/aromatic N) is 2. The van der Waals surface area contributed by atoms with Gasteiger partial charge in [-0.05, 0) is 24.3 Å². The minimum Gasteiger partial charge on any atom is -0.321 e. The molecule has 2 heterocycles. The topological polar surface area (TPSA) is 126 Å². The van der Waals surface area contributed by atoms with Crippen molar-refractivity contribution in [3.05, 3.63) is 54.0 Å². The molecule has 2 N–H and O–H groups in total. The third kappa shape index (κ3) is 4.86. The first-order valence-corrected chi connectivity index (χ1v) is 9.95. The Hall–Kier alpha value is -2.85. The maximum absolute atomic E-state index is 12.2. The standard InChI is InChI=1S/C17H18N4O5S/c22-15-6-7-16(23)21(15)9-10-27(25,26)20-13-5-4-12(11-13)19-17(24)14-3-1-2-8-18-14/h1-5,8,11,13,20H,6-7,9-10H2,(H,19,24). The van der Waals surface area contributed by atoms with E-state index in [1.54, 1.807) is 36.4 Å². The smallest absolute Gasteiger partial charge is 0.274 e. The Bertz CT molecular complexity index is 908. The van der Waals surface area contributed by atoms with Gasteiger partial charge >= 0.3 is 0 Å². The summed E-state index contributed by atoms with van der Waals surface area (Å²) in [5.74, 6) is -1.48. The molecule has 0 radical (unpaired) electrons. The van der Waals surface area contributed by atoms with Crippen molar-refractivity contribution in [1.29, 1.82) is 0 Å². The number of nitrogens with one attached hydrogen (secondary N) is 2. The summed E-state index contributed by atoms with van der Waals surface area (Å²) in [7, 11) is -3.72. The van der Waals surface area contributed by atoms with E-state index in [9.17, 15) is 22.8 Å². The maximum atomic E-state index is 12.2. The zero-order valence-corrected chi connectivity index (χ0v) is 15.1. The van der Waals surface area contributed by atoms with Gasteiger partial charge in [0.05, 0.1) is 11.8 Å². The number of hydrogen-bond donors (Lipinski definition) is 2. The Balaban J connectivity index is 1.53. The van der Waals surface area contributed by atoms with Crippen molar-refractivity contribution >= 4 is 27.7 Å². The largest absolute Gasteiger partial charge is 0.321 e. The van der Waals surface area contributed by atoms with E-state index in [4.69, 9.17) is 0 Å². The molecular formula is C17H18N4O5S. The van der Waals surface area contributed by atoms with Crippen molar-refractivity contribution in [1.82, 2.24) is 19.9 Å². The van der Waals surface area contributed by atoms with Crippen LogP contribution in [0.25, 0.3) is 0 Å². The van der Waals surface area contributed by atoms with Crippen LogP contribution in [-0.2, 0) is 19.6 Å². The molecule has 2 aliphatic rings. The lowest BCUT2D eigenvalue weighted by atomic mass is 10.3. The SMILES string of the molecule is O=C(NC1=CC(NS(=O)(=O)CCN2C(=O)CCC2=O)C=C1)c1ccccn1. The highest BCUT2D eigenvalue weighted by Crippen LogP contribution is 2.12. The van der Waals surface area contributed by atoms with Crippen LogP contribution < -0.4 is 10.0 Å². The maximum Gasteiger partial charge on any atom is 0.274 e. The second-order valence-corrected chi connectivity index (χ2v) is 7.93. The van der Waals surface area contributed by atoms with Crippen molar-refractivity contribution in [2.24, 2.45) is 0 Å². The molecule has 142 valence electrons. The average Bonchev–Trinajstić information content (AvgIpc) is 3.19. The zero-order valence-electron chi connectivity index (χ0n) is 14.3. The molecule has 0 bridgehead atoms. The molecule has 9 nitrogen and oxygen atoms in total. The van der Waals surface area contributed by atoms with Gasteiger partial charge in [0.15, 0.2) is 0 Å². The van der Waals surface area contributed by atoms with Crippen molar-refractivity contribution in [3.63, 3.8) is 0 Å². The number of carbonyl (C=O) groups is 3. The summed E-state index contributed by atoms with van der Waals surface area (Å²) in [6, 6.07) is 4.32. The lowest BCUT2D eigenvalue weighted by molar-refractivity contribution is -0.137. The van der Waals surface area contributed by atoms with Crippen LogP contribution >= 0.6 is 0 Å². The number of likely N-dealkylation sites (tertiary alicyclic amines) is 1. The molecule has 1 aromatic heterocycles. The average molecular weight is 390 g/mol. The van der Waals surface area contributed by atoms with E-state index in [1.165, 1.54) is 6.20 Å². The van der Waals surface area contributed by atoms with Crippen LogP contribution in [-0.4, -0.2) is 54.4 Å². The third-order valence-electron chi connectivity index (χ3n) is 4.05. The highest BCUT2D eigenvalue weighted by Gasteiger charge is 2.30. The molecule has 10 heteroatoms. The molecule has 27 heavy (non-hydrogen) atoms. The van der Waals surface area contributed by atoms with Gasteiger partial charge in [-0.15, -0.1) is 0 Å². The first kappa shape index (κ1) is 18.9. The van der Waals surface area contributed by atoms with Crippen LogP contribution in [0.2, 0.25) is 0 Å². The fourth-order valence-corrected chi connectivity index (χ4v) is 3.81. The summed E-state index contributed by atoms with van der Waals surface area (Å²) in [5.41, 5.74) is 0.694. The predicted molar refractivity (Wildman–Crippen MR) is 95.6 cm³/mol. The van der Waals surface area contributed by atoms with Gasteiger partial charge in [-0.2, -0.15) is 0 Å². The van der Waals surface area contributed by atoms with Gasteiger partial charge in [-0.25, -0.2) is 13.1 Å². The van der Waals surface area contributed by atoms with Gasteiger partial charge in [0, 0.05) is 31.3 Å². The summed E-state index contributed by atoms with van der Waals surface area (Å²) < 4.78 is 26.8. The van der Waals surface area contributed by atoms with E-state index in [0.717, 1.165) is 4.90 Å². The molecule has 1 fully saturated rings. The number of carbonyl (C=O) groups excluding carboxylic acids is 3. The molecule has 3 amide bonds. The van der Waals surface area contributed by atoms with Crippen LogP contribution in [0.15, 0.2) is 48.3 Å². The second-order valence-electron chi connectivity index (χ2n) is 6.05. The van der Waals surface area contributed by atoms with E-state index >= 15 is 0 Å². The number of sulfonamides is 1. The fraction of sp³-hybridized carbons (Fsp3) is 0.294. The van der Waals surface area contributed by atoms with Crippen LogP contribution in [0.3, 0.4) is 0 Å². The Morgan fingerprint density at radius 2 is 1.96 bits per heavy atom. The highest BCUT2D eigenvalue weighted by atomic mass is 32.2. The van der Waals surface area contributed by atoms with Gasteiger partial charge in [-0.1, -0.05) is 12.1 Å². The first-order valence-electron chi connectivity index (χ1n) is 8.30. The normalized spacial score (nSPS) is 19.5. The number of allylic oxidation sites excluding steroid dienone is 1. The zero-order chi connectivity index (χ0) is 19.4. The molecule has 1 unspecified atom stereocenters. The number of hydrogen-bond acceptors (Lipinski definition) is 6. The van der Waals surface area contributed by atoms with Crippen molar-refractivity contribution in [3.8, 4) is 0 Å². The summed E-state index contributed by atoms with van der Waals surface area (Å²) in [6.07, 6.45) is 6.46. The van der Waals surface area contributed by atoms with Crippen LogP contribution in [0.1, 0.15) is 23.3 Å². The van der Waals surface area contributed by atoms with E-state index in [-0.39, 0.29) is 42.6 Å². The monoisotopic (exact) mass is 390 g/mol. The Labute approximate surface area is 156 Å². The number of amides is 3. The predicted octanol–water partition coefficient (Wildman–Crippen LogP) is -0.298. The Morgan fingerprint density at radius 1 is 1.22 bits per heavy atom. The Morgan fingerprint density at radius 3 is 2.63 bits per heavy atom. The second kappa shape index (κ2) is 7.80. The highest BCUT2D eigenvalue weighted by molar-refractivity contribution is 7.89. The Kier molecular flexibility index (Phi) is 5.47. The fourth-order valence-electron chi connectivity index (χ4n) is 2.71. The summed E-state index contributed by atoms with van der Waals surface area (Å²) >= 11 is 0. The van der Waals surface area contributed by atoms with Gasteiger partial charge in [0.2, 0.25) is 21.8 Å². The number of rotatable bonds is 7. The molecule has 1 aromatic rings. The summed E-state index contributed by atoms with van der Waals surface area (Å²) in [6.45, 7) is -0.170. The number of aromatic nitrogens is 1. The van der Waals surface area contributed by atoms with E-state index in [1.807, 2.05) is 0 Å². The molecule has 0 saturated carbocycles. The summed E-state index contributed by atoms with van der Waals surface area (Å²) in [4.78, 5) is 40.0. The van der Waals surface area contributed by atoms with Crippen LogP contribution in [0.5, 0.6) is 0 Å². The summed E-state index contributed by atoms with van der Waals surface area (Å²) in [5, 5.41) is 2.64. The van der Waals surface area contributed by atoms with E-state index in [0.29, 0.717) is 5.70 Å². The molecule has 1 atom stereocenters. The van der Waals surface area contributed by atoms with Gasteiger partial charge < -0.3 is 5.32 Å². The number of pyridine rings is 1. The molecule has 0 aromatic carbocycles. The van der Waals surface area contributed by atoms with Crippen LogP contribution in [0, 0.1) is 0 Å². The minimum atomic E-state index is -3.72.